The third kappa shape index (κ3) is 4.53. The van der Waals surface area contributed by atoms with Gasteiger partial charge < -0.3 is 9.73 Å². The molecule has 2 aromatic carbocycles. The highest BCUT2D eigenvalue weighted by Gasteiger charge is 2.15. The summed E-state index contributed by atoms with van der Waals surface area (Å²) < 4.78 is 32.8. The number of carbonyl (C=O) groups excluding carboxylic acids is 1. The van der Waals surface area contributed by atoms with Gasteiger partial charge in [-0.25, -0.2) is 13.4 Å². The van der Waals surface area contributed by atoms with E-state index in [0.29, 0.717) is 22.5 Å². The van der Waals surface area contributed by atoms with Crippen LogP contribution in [-0.2, 0) is 14.8 Å². The largest absolute Gasteiger partial charge is 0.465 e. The number of sulfonamides is 1. The molecule has 2 N–H and O–H groups in total. The molecule has 0 aliphatic rings. The first-order valence-corrected chi connectivity index (χ1v) is 10.4. The predicted molar refractivity (Wildman–Crippen MR) is 113 cm³/mol. The molecular formula is C21H16N4O4S. The minimum atomic E-state index is -3.86. The van der Waals surface area contributed by atoms with E-state index in [0.717, 1.165) is 0 Å². The number of rotatable bonds is 6. The Labute approximate surface area is 172 Å². The molecular weight excluding hydrogens is 404 g/mol. The first kappa shape index (κ1) is 19.3. The summed E-state index contributed by atoms with van der Waals surface area (Å²) in [5, 5.41) is 2.65. The molecule has 150 valence electrons. The summed E-state index contributed by atoms with van der Waals surface area (Å²) in [6.45, 7) is 0. The van der Waals surface area contributed by atoms with Gasteiger partial charge in [-0.15, -0.1) is 0 Å². The smallest absolute Gasteiger partial charge is 0.263 e. The third-order valence-corrected chi connectivity index (χ3v) is 5.43. The topological polar surface area (TPSA) is 114 Å². The summed E-state index contributed by atoms with van der Waals surface area (Å²) in [6, 6.07) is 16.4. The minimum Gasteiger partial charge on any atom is -0.465 e. The van der Waals surface area contributed by atoms with E-state index < -0.39 is 10.0 Å². The lowest BCUT2D eigenvalue weighted by atomic mass is 10.3. The number of anilines is 2. The molecule has 0 spiro atoms. The Morgan fingerprint density at radius 3 is 2.47 bits per heavy atom. The molecule has 4 rings (SSSR count). The highest BCUT2D eigenvalue weighted by Crippen LogP contribution is 2.18. The van der Waals surface area contributed by atoms with Crippen molar-refractivity contribution in [1.29, 1.82) is 0 Å². The first-order chi connectivity index (χ1) is 14.5. The van der Waals surface area contributed by atoms with Crippen LogP contribution in [-0.4, -0.2) is 24.3 Å². The van der Waals surface area contributed by atoms with Crippen molar-refractivity contribution in [3.8, 4) is 0 Å². The standard InChI is InChI=1S/C21H16N4O4S/c26-21(12-9-16-4-3-13-29-16)23-15-7-10-17(11-8-15)30(27,28)25-20-14-22-18-5-1-2-6-19(18)24-20/h1-14H,(H,23,26)(H,24,25). The second-order valence-electron chi connectivity index (χ2n) is 6.21. The maximum Gasteiger partial charge on any atom is 0.263 e. The van der Waals surface area contributed by atoms with Gasteiger partial charge in [0.2, 0.25) is 5.91 Å². The Morgan fingerprint density at radius 2 is 1.73 bits per heavy atom. The Morgan fingerprint density at radius 1 is 0.967 bits per heavy atom. The molecule has 1 amide bonds. The molecule has 30 heavy (non-hydrogen) atoms. The van der Waals surface area contributed by atoms with Crippen LogP contribution in [0.4, 0.5) is 11.5 Å². The van der Waals surface area contributed by atoms with Crippen molar-refractivity contribution in [3.05, 3.63) is 85.0 Å². The zero-order chi connectivity index (χ0) is 21.0. The van der Waals surface area contributed by atoms with E-state index in [2.05, 4.69) is 20.0 Å². The van der Waals surface area contributed by atoms with Gasteiger partial charge in [-0.05, 0) is 54.6 Å². The zero-order valence-corrected chi connectivity index (χ0v) is 16.3. The molecule has 9 heteroatoms. The summed E-state index contributed by atoms with van der Waals surface area (Å²) in [6.07, 6.45) is 5.72. The van der Waals surface area contributed by atoms with E-state index in [1.165, 1.54) is 48.9 Å². The SMILES string of the molecule is O=C(C=Cc1ccco1)Nc1ccc(S(=O)(=O)Nc2cnc3ccccc3n2)cc1. The lowest BCUT2D eigenvalue weighted by Gasteiger charge is -2.09. The molecule has 4 aromatic rings. The van der Waals surface area contributed by atoms with Gasteiger partial charge in [0.15, 0.2) is 5.82 Å². The second-order valence-corrected chi connectivity index (χ2v) is 7.89. The summed E-state index contributed by atoms with van der Waals surface area (Å²) in [5.41, 5.74) is 1.70. The van der Waals surface area contributed by atoms with Crippen LogP contribution >= 0.6 is 0 Å². The molecule has 0 aliphatic carbocycles. The molecule has 0 atom stereocenters. The number of aromatic nitrogens is 2. The lowest BCUT2D eigenvalue weighted by Crippen LogP contribution is -2.14. The lowest BCUT2D eigenvalue weighted by molar-refractivity contribution is -0.111. The van der Waals surface area contributed by atoms with Crippen molar-refractivity contribution in [1.82, 2.24) is 9.97 Å². The van der Waals surface area contributed by atoms with E-state index in [1.807, 2.05) is 6.07 Å². The number of carbonyl (C=O) groups is 1. The fraction of sp³-hybridized carbons (Fsp3) is 0. The van der Waals surface area contributed by atoms with Gasteiger partial charge in [0, 0.05) is 11.8 Å². The molecule has 8 nitrogen and oxygen atoms in total. The molecule has 0 radical (unpaired) electrons. The molecule has 0 bridgehead atoms. The molecule has 2 aromatic heterocycles. The first-order valence-electron chi connectivity index (χ1n) is 8.87. The molecule has 2 heterocycles. The number of fused-ring (bicyclic) bond motifs is 1. The van der Waals surface area contributed by atoms with Crippen molar-refractivity contribution < 1.29 is 17.6 Å². The Kier molecular flexibility index (Phi) is 5.27. The number of hydrogen-bond acceptors (Lipinski definition) is 6. The van der Waals surface area contributed by atoms with Crippen LogP contribution in [0.3, 0.4) is 0 Å². The van der Waals surface area contributed by atoms with Crippen LogP contribution in [0.5, 0.6) is 0 Å². The van der Waals surface area contributed by atoms with E-state index in [-0.39, 0.29) is 16.6 Å². The fourth-order valence-corrected chi connectivity index (χ4v) is 3.63. The molecule has 0 saturated heterocycles. The van der Waals surface area contributed by atoms with E-state index >= 15 is 0 Å². The van der Waals surface area contributed by atoms with Crippen molar-refractivity contribution in [2.24, 2.45) is 0 Å². The predicted octanol–water partition coefficient (Wildman–Crippen LogP) is 3.68. The van der Waals surface area contributed by atoms with Gasteiger partial charge in [0.1, 0.15) is 5.76 Å². The van der Waals surface area contributed by atoms with Gasteiger partial charge >= 0.3 is 0 Å². The number of furan rings is 1. The van der Waals surface area contributed by atoms with Crippen molar-refractivity contribution >= 4 is 44.5 Å². The minimum absolute atomic E-state index is 0.0292. The normalized spacial score (nSPS) is 11.6. The average molecular weight is 420 g/mol. The number of hydrogen-bond donors (Lipinski definition) is 2. The second kappa shape index (κ2) is 8.18. The third-order valence-electron chi connectivity index (χ3n) is 4.06. The van der Waals surface area contributed by atoms with E-state index in [4.69, 9.17) is 4.42 Å². The number of para-hydroxylation sites is 2. The van der Waals surface area contributed by atoms with E-state index in [1.54, 1.807) is 30.3 Å². The van der Waals surface area contributed by atoms with Crippen LogP contribution < -0.4 is 10.0 Å². The molecule has 0 saturated carbocycles. The Balaban J connectivity index is 1.44. The van der Waals surface area contributed by atoms with Gasteiger partial charge in [0.05, 0.1) is 28.4 Å². The average Bonchev–Trinajstić information content (AvgIpc) is 3.26. The van der Waals surface area contributed by atoms with Crippen LogP contribution in [0.15, 0.2) is 88.5 Å². The molecule has 0 unspecified atom stereocenters. The monoisotopic (exact) mass is 420 g/mol. The maximum atomic E-state index is 12.6. The van der Waals surface area contributed by atoms with Gasteiger partial charge in [-0.1, -0.05) is 12.1 Å². The van der Waals surface area contributed by atoms with Crippen LogP contribution in [0, 0.1) is 0 Å². The summed E-state index contributed by atoms with van der Waals surface area (Å²) in [7, 11) is -3.86. The summed E-state index contributed by atoms with van der Waals surface area (Å²) in [4.78, 5) is 20.4. The maximum absolute atomic E-state index is 12.6. The number of nitrogens with zero attached hydrogens (tertiary/aromatic N) is 2. The van der Waals surface area contributed by atoms with Crippen LogP contribution in [0.2, 0.25) is 0 Å². The fourth-order valence-electron chi connectivity index (χ4n) is 2.65. The highest BCUT2D eigenvalue weighted by atomic mass is 32.2. The van der Waals surface area contributed by atoms with Gasteiger partial charge in [0.25, 0.3) is 10.0 Å². The molecule has 0 fully saturated rings. The van der Waals surface area contributed by atoms with Crippen molar-refractivity contribution in [2.75, 3.05) is 10.0 Å². The molecule has 0 aliphatic heterocycles. The van der Waals surface area contributed by atoms with E-state index in [9.17, 15) is 13.2 Å². The van der Waals surface area contributed by atoms with Crippen LogP contribution in [0.1, 0.15) is 5.76 Å². The Bertz CT molecular complexity index is 1310. The summed E-state index contributed by atoms with van der Waals surface area (Å²) >= 11 is 0. The summed E-state index contributed by atoms with van der Waals surface area (Å²) in [5.74, 6) is 0.301. The number of amides is 1. The quantitative estimate of drug-likeness (QED) is 0.460. The van der Waals surface area contributed by atoms with Gasteiger partial charge in [-0.3, -0.25) is 14.5 Å². The van der Waals surface area contributed by atoms with Gasteiger partial charge in [-0.2, -0.15) is 0 Å². The number of benzene rings is 2. The van der Waals surface area contributed by atoms with Crippen molar-refractivity contribution in [3.63, 3.8) is 0 Å². The highest BCUT2D eigenvalue weighted by molar-refractivity contribution is 7.92. The van der Waals surface area contributed by atoms with Crippen molar-refractivity contribution in [2.45, 2.75) is 4.90 Å². The number of nitrogens with one attached hydrogen (secondary N) is 2. The van der Waals surface area contributed by atoms with Crippen LogP contribution in [0.25, 0.3) is 17.1 Å². The Hall–Kier alpha value is -3.98. The zero-order valence-electron chi connectivity index (χ0n) is 15.5.